The van der Waals surface area contributed by atoms with Gasteiger partial charge in [0.2, 0.25) is 0 Å². The smallest absolute Gasteiger partial charge is 0.407 e. The maximum Gasteiger partial charge on any atom is 0.415 e. The van der Waals surface area contributed by atoms with Crippen molar-refractivity contribution in [2.45, 2.75) is 13.3 Å². The fourth-order valence-electron chi connectivity index (χ4n) is 3.98. The Morgan fingerprint density at radius 3 is 2.73 bits per heavy atom. The third-order valence-electron chi connectivity index (χ3n) is 5.81. The van der Waals surface area contributed by atoms with Gasteiger partial charge in [-0.1, -0.05) is 18.3 Å². The number of benzene rings is 1. The monoisotopic (exact) mass is 527 g/mol. The highest BCUT2D eigenvalue weighted by molar-refractivity contribution is 7.16. The van der Waals surface area contributed by atoms with Crippen LogP contribution in [0.25, 0.3) is 16.8 Å². The van der Waals surface area contributed by atoms with Crippen molar-refractivity contribution in [1.29, 1.82) is 5.26 Å². The number of amides is 1. The largest absolute Gasteiger partial charge is 0.415 e. The van der Waals surface area contributed by atoms with Crippen LogP contribution in [0, 0.1) is 23.0 Å². The van der Waals surface area contributed by atoms with Crippen LogP contribution in [0.4, 0.5) is 24.4 Å². The fraction of sp³-hybridized carbons (Fsp3) is 0.280. The molecule has 1 fully saturated rings. The number of rotatable bonds is 5. The van der Waals surface area contributed by atoms with Gasteiger partial charge in [-0.3, -0.25) is 0 Å². The Kier molecular flexibility index (Phi) is 5.48. The summed E-state index contributed by atoms with van der Waals surface area (Å²) in [4.78, 5) is 20.2. The Morgan fingerprint density at radius 2 is 2.05 bits per heavy atom. The first-order valence-corrected chi connectivity index (χ1v) is 12.2. The molecule has 1 aliphatic rings. The van der Waals surface area contributed by atoms with Crippen LogP contribution in [0.5, 0.6) is 5.75 Å². The Labute approximate surface area is 221 Å². The number of hydrogen-bond acceptors (Lipinski definition) is 8. The van der Waals surface area contributed by atoms with E-state index in [4.69, 9.17) is 10.2 Å². The van der Waals surface area contributed by atoms with Crippen LogP contribution < -0.4 is 15.0 Å². The number of piperazine rings is 1. The molecule has 12 heteroatoms. The number of pyridine rings is 1. The SMILES string of the molecule is [2H]c1c([2H])c(-c2nc(N(C)c3c(CC)nn4cc(F)c(OC(=O)N5CCNCC5)cc34)sc2C#N)c([2H])c([2H])c1F. The van der Waals surface area contributed by atoms with Crippen LogP contribution in [-0.4, -0.2) is 58.8 Å². The summed E-state index contributed by atoms with van der Waals surface area (Å²) in [6.45, 7) is 3.89. The van der Waals surface area contributed by atoms with Crippen LogP contribution in [0.2, 0.25) is 0 Å². The van der Waals surface area contributed by atoms with Crippen molar-refractivity contribution in [2.24, 2.45) is 0 Å². The molecule has 3 aromatic heterocycles. The number of hydrogen-bond donors (Lipinski definition) is 1. The molecule has 4 heterocycles. The first-order valence-electron chi connectivity index (χ1n) is 13.4. The number of carbonyl (C=O) groups is 1. The summed E-state index contributed by atoms with van der Waals surface area (Å²) in [6.07, 6.45) is 0.851. The van der Waals surface area contributed by atoms with Crippen molar-refractivity contribution in [3.63, 3.8) is 0 Å². The van der Waals surface area contributed by atoms with Gasteiger partial charge >= 0.3 is 6.09 Å². The second kappa shape index (κ2) is 10.1. The average molecular weight is 528 g/mol. The third kappa shape index (κ3) is 4.71. The predicted molar refractivity (Wildman–Crippen MR) is 135 cm³/mol. The van der Waals surface area contributed by atoms with Gasteiger partial charge in [-0.15, -0.1) is 0 Å². The van der Waals surface area contributed by atoms with Crippen molar-refractivity contribution >= 4 is 33.8 Å². The molecule has 4 aromatic rings. The molecule has 0 atom stereocenters. The molecule has 0 aliphatic carbocycles. The molecule has 5 rings (SSSR count). The van der Waals surface area contributed by atoms with Crippen LogP contribution in [-0.2, 0) is 6.42 Å². The molecule has 1 N–H and O–H groups in total. The molecule has 190 valence electrons. The molecule has 0 unspecified atom stereocenters. The Balaban J connectivity index is 1.59. The van der Waals surface area contributed by atoms with E-state index in [0.29, 0.717) is 49.5 Å². The number of fused-ring (bicyclic) bond motifs is 1. The van der Waals surface area contributed by atoms with Gasteiger partial charge in [0.05, 0.1) is 28.6 Å². The summed E-state index contributed by atoms with van der Waals surface area (Å²) in [7, 11) is 1.63. The number of aryl methyl sites for hydroxylation is 1. The van der Waals surface area contributed by atoms with E-state index < -0.39 is 41.9 Å². The van der Waals surface area contributed by atoms with Gasteiger partial charge in [-0.25, -0.2) is 23.1 Å². The van der Waals surface area contributed by atoms with Gasteiger partial charge < -0.3 is 19.9 Å². The summed E-state index contributed by atoms with van der Waals surface area (Å²) >= 11 is 0.920. The Morgan fingerprint density at radius 1 is 1.32 bits per heavy atom. The lowest BCUT2D eigenvalue weighted by atomic mass is 10.1. The lowest BCUT2D eigenvalue weighted by molar-refractivity contribution is 0.144. The molecule has 1 amide bonds. The molecule has 37 heavy (non-hydrogen) atoms. The maximum atomic E-state index is 15.0. The van der Waals surface area contributed by atoms with E-state index >= 15 is 0 Å². The van der Waals surface area contributed by atoms with Crippen LogP contribution >= 0.6 is 11.3 Å². The van der Waals surface area contributed by atoms with Crippen LogP contribution in [0.15, 0.2) is 36.4 Å². The van der Waals surface area contributed by atoms with Crippen molar-refractivity contribution in [3.05, 3.63) is 58.6 Å². The number of thiazole rings is 1. The Hall–Kier alpha value is -4.08. The van der Waals surface area contributed by atoms with E-state index in [1.165, 1.54) is 15.5 Å². The number of anilines is 2. The summed E-state index contributed by atoms with van der Waals surface area (Å²) in [6, 6.07) is 0.277. The van der Waals surface area contributed by atoms with E-state index in [0.717, 1.165) is 17.5 Å². The minimum absolute atomic E-state index is 0.00883. The average Bonchev–Trinajstić information content (AvgIpc) is 3.56. The summed E-state index contributed by atoms with van der Waals surface area (Å²) in [5.41, 5.74) is 0.987. The molecule has 1 aliphatic heterocycles. The second-order valence-corrected chi connectivity index (χ2v) is 9.08. The van der Waals surface area contributed by atoms with Gasteiger partial charge in [0.1, 0.15) is 22.5 Å². The highest BCUT2D eigenvalue weighted by atomic mass is 32.1. The molecule has 0 saturated carbocycles. The van der Waals surface area contributed by atoms with Crippen molar-refractivity contribution in [1.82, 2.24) is 24.8 Å². The number of nitrogens with one attached hydrogen (secondary N) is 1. The Bertz CT molecular complexity index is 1700. The van der Waals surface area contributed by atoms with E-state index in [9.17, 15) is 18.8 Å². The summed E-state index contributed by atoms with van der Waals surface area (Å²) in [5.74, 6) is -2.37. The summed E-state index contributed by atoms with van der Waals surface area (Å²) in [5, 5.41) is 17.6. The van der Waals surface area contributed by atoms with Crippen molar-refractivity contribution < 1.29 is 23.8 Å². The van der Waals surface area contributed by atoms with Gasteiger partial charge in [0.25, 0.3) is 0 Å². The zero-order valence-electron chi connectivity index (χ0n) is 23.9. The topological polar surface area (TPSA) is 98.8 Å². The molecule has 0 spiro atoms. The normalized spacial score (nSPS) is 15.1. The lowest BCUT2D eigenvalue weighted by Crippen LogP contribution is -2.47. The molecular formula is C25H23F2N7O2S. The molecule has 9 nitrogen and oxygen atoms in total. The maximum absolute atomic E-state index is 15.0. The summed E-state index contributed by atoms with van der Waals surface area (Å²) < 4.78 is 67.9. The van der Waals surface area contributed by atoms with E-state index in [1.807, 2.05) is 13.0 Å². The number of halogens is 2. The van der Waals surface area contributed by atoms with Crippen LogP contribution in [0.1, 0.15) is 23.0 Å². The number of ether oxygens (including phenoxy) is 1. The number of nitriles is 1. The predicted octanol–water partition coefficient (Wildman–Crippen LogP) is 4.34. The minimum atomic E-state index is -1.30. The molecular weight excluding hydrogens is 500 g/mol. The second-order valence-electron chi connectivity index (χ2n) is 8.10. The molecule has 1 saturated heterocycles. The number of carbonyl (C=O) groups excluding carboxylic acids is 1. The van der Waals surface area contributed by atoms with E-state index in [2.05, 4.69) is 15.4 Å². The third-order valence-corrected chi connectivity index (χ3v) is 6.84. The van der Waals surface area contributed by atoms with Gasteiger partial charge in [0.15, 0.2) is 16.7 Å². The minimum Gasteiger partial charge on any atom is -0.407 e. The van der Waals surface area contributed by atoms with Crippen LogP contribution in [0.3, 0.4) is 0 Å². The lowest BCUT2D eigenvalue weighted by Gasteiger charge is -2.26. The zero-order valence-corrected chi connectivity index (χ0v) is 20.7. The molecule has 1 aromatic carbocycles. The molecule has 0 radical (unpaired) electrons. The van der Waals surface area contributed by atoms with Crippen molar-refractivity contribution in [2.75, 3.05) is 38.1 Å². The highest BCUT2D eigenvalue weighted by Crippen LogP contribution is 2.39. The standard InChI is InChI=1S/C25H23F2N7O2S/c1-3-18-23(32(2)24-30-22(21(13-28)37-24)15-4-6-16(26)7-5-15)19-12-20(17(27)14-34(19)31-18)36-25(35)33-10-8-29-9-11-33/h4-7,12,14,29H,3,8-11H2,1-2H3/i4D,5D,6D,7D. The van der Waals surface area contributed by atoms with Gasteiger partial charge in [-0.05, 0) is 30.6 Å². The zero-order chi connectivity index (χ0) is 29.6. The van der Waals surface area contributed by atoms with Crippen molar-refractivity contribution in [3.8, 4) is 23.1 Å². The van der Waals surface area contributed by atoms with Gasteiger partial charge in [-0.2, -0.15) is 10.4 Å². The highest BCUT2D eigenvalue weighted by Gasteiger charge is 2.25. The fourth-order valence-corrected chi connectivity index (χ4v) is 4.82. The first kappa shape index (κ1) is 20.0. The first-order chi connectivity index (χ1) is 19.6. The van der Waals surface area contributed by atoms with Gasteiger partial charge in [0, 0.05) is 44.9 Å². The quantitative estimate of drug-likeness (QED) is 0.412. The van der Waals surface area contributed by atoms with E-state index in [1.54, 1.807) is 11.9 Å². The number of nitrogens with zero attached hydrogens (tertiary/aromatic N) is 6. The van der Waals surface area contributed by atoms with E-state index in [-0.39, 0.29) is 27.0 Å². The number of aromatic nitrogens is 3. The molecule has 0 bridgehead atoms.